The minimum absolute atomic E-state index is 0.0910. The van der Waals surface area contributed by atoms with Crippen LogP contribution in [-0.4, -0.2) is 36.4 Å². The first-order valence-corrected chi connectivity index (χ1v) is 8.87. The van der Waals surface area contributed by atoms with Crippen LogP contribution in [0.2, 0.25) is 0 Å². The fraction of sp³-hybridized carbons (Fsp3) is 0.500. The molecule has 1 aromatic rings. The fourth-order valence-corrected chi connectivity index (χ4v) is 2.35. The first-order chi connectivity index (χ1) is 10.6. The van der Waals surface area contributed by atoms with Gasteiger partial charge in [-0.2, -0.15) is 11.8 Å². The molecule has 0 spiro atoms. The highest BCUT2D eigenvalue weighted by Gasteiger charge is 2.12. The zero-order valence-electron chi connectivity index (χ0n) is 13.2. The van der Waals surface area contributed by atoms with Crippen molar-refractivity contribution in [3.05, 3.63) is 35.4 Å². The van der Waals surface area contributed by atoms with E-state index in [0.29, 0.717) is 25.1 Å². The number of amides is 2. The Hall–Kier alpha value is -1.53. The Morgan fingerprint density at radius 1 is 1.32 bits per heavy atom. The van der Waals surface area contributed by atoms with Crippen molar-refractivity contribution in [3.63, 3.8) is 0 Å². The molecule has 0 radical (unpaired) electrons. The number of benzene rings is 1. The first kappa shape index (κ1) is 18.5. The molecule has 1 aromatic carbocycles. The number of nitrogens with one attached hydrogen (secondary N) is 2. The van der Waals surface area contributed by atoms with Gasteiger partial charge < -0.3 is 16.4 Å². The highest BCUT2D eigenvalue weighted by molar-refractivity contribution is 7.98. The molecule has 0 aliphatic carbocycles. The second kappa shape index (κ2) is 10.2. The molecule has 0 saturated carbocycles. The van der Waals surface area contributed by atoms with E-state index in [1.165, 1.54) is 0 Å². The van der Waals surface area contributed by atoms with E-state index < -0.39 is 6.04 Å². The molecule has 1 rings (SSSR count). The maximum absolute atomic E-state index is 11.9. The van der Waals surface area contributed by atoms with Crippen molar-refractivity contribution >= 4 is 23.6 Å². The normalized spacial score (nSPS) is 11.8. The van der Waals surface area contributed by atoms with E-state index in [0.717, 1.165) is 17.7 Å². The van der Waals surface area contributed by atoms with Crippen molar-refractivity contribution in [2.75, 3.05) is 18.6 Å². The molecule has 0 aliphatic heterocycles. The quantitative estimate of drug-likeness (QED) is 0.643. The molecule has 22 heavy (non-hydrogen) atoms. The highest BCUT2D eigenvalue weighted by Crippen LogP contribution is 2.06. The van der Waals surface area contributed by atoms with Crippen molar-refractivity contribution in [1.29, 1.82) is 0 Å². The second-order valence-corrected chi connectivity index (χ2v) is 6.05. The van der Waals surface area contributed by atoms with Gasteiger partial charge >= 0.3 is 0 Å². The number of thioether (sulfide) groups is 1. The number of nitrogens with two attached hydrogens (primary N) is 1. The van der Waals surface area contributed by atoms with Crippen LogP contribution in [0.25, 0.3) is 0 Å². The second-order valence-electron chi connectivity index (χ2n) is 5.06. The summed E-state index contributed by atoms with van der Waals surface area (Å²) in [5, 5.41) is 5.65. The lowest BCUT2D eigenvalue weighted by atomic mass is 10.1. The van der Waals surface area contributed by atoms with Crippen LogP contribution in [0.5, 0.6) is 0 Å². The Morgan fingerprint density at radius 3 is 2.77 bits per heavy atom. The Bertz CT molecular complexity index is 494. The maximum Gasteiger partial charge on any atom is 0.251 e. The molecule has 122 valence electrons. The Balaban J connectivity index is 2.52. The van der Waals surface area contributed by atoms with Crippen LogP contribution in [0.1, 0.15) is 35.7 Å². The minimum Gasteiger partial charge on any atom is -0.352 e. The molecule has 0 heterocycles. The van der Waals surface area contributed by atoms with Gasteiger partial charge in [-0.1, -0.05) is 19.1 Å². The van der Waals surface area contributed by atoms with Gasteiger partial charge in [-0.15, -0.1) is 0 Å². The summed E-state index contributed by atoms with van der Waals surface area (Å²) in [6, 6.07) is 6.77. The smallest absolute Gasteiger partial charge is 0.251 e. The van der Waals surface area contributed by atoms with Crippen LogP contribution >= 0.6 is 11.8 Å². The minimum atomic E-state index is -0.483. The average Bonchev–Trinajstić information content (AvgIpc) is 2.55. The highest BCUT2D eigenvalue weighted by atomic mass is 32.2. The lowest BCUT2D eigenvalue weighted by Gasteiger charge is -2.12. The molecule has 1 atom stereocenters. The molecule has 0 aromatic heterocycles. The summed E-state index contributed by atoms with van der Waals surface area (Å²) in [7, 11) is 0. The van der Waals surface area contributed by atoms with Crippen LogP contribution in [0.3, 0.4) is 0 Å². The van der Waals surface area contributed by atoms with Gasteiger partial charge in [-0.3, -0.25) is 9.59 Å². The molecular formula is C16H25N3O2S. The fourth-order valence-electron chi connectivity index (χ4n) is 1.86. The van der Waals surface area contributed by atoms with Gasteiger partial charge in [0.15, 0.2) is 0 Å². The van der Waals surface area contributed by atoms with E-state index in [1.807, 2.05) is 25.3 Å². The Labute approximate surface area is 136 Å². The lowest BCUT2D eigenvalue weighted by molar-refractivity contribution is -0.122. The Kier molecular flexibility index (Phi) is 8.62. The summed E-state index contributed by atoms with van der Waals surface area (Å²) in [4.78, 5) is 23.8. The van der Waals surface area contributed by atoms with Gasteiger partial charge in [0.05, 0.1) is 6.04 Å². The molecule has 5 nitrogen and oxygen atoms in total. The average molecular weight is 323 g/mol. The topological polar surface area (TPSA) is 84.2 Å². The lowest BCUT2D eigenvalue weighted by Crippen LogP contribution is -2.40. The van der Waals surface area contributed by atoms with Crippen LogP contribution in [0, 0.1) is 0 Å². The molecule has 0 aliphatic rings. The predicted octanol–water partition coefficient (Wildman–Crippen LogP) is 1.52. The van der Waals surface area contributed by atoms with Crippen molar-refractivity contribution in [2.45, 2.75) is 32.4 Å². The number of hydrogen-bond acceptors (Lipinski definition) is 4. The van der Waals surface area contributed by atoms with Gasteiger partial charge in [0.1, 0.15) is 0 Å². The molecule has 0 fully saturated rings. The van der Waals surface area contributed by atoms with Crippen LogP contribution < -0.4 is 16.4 Å². The molecule has 0 unspecified atom stereocenters. The van der Waals surface area contributed by atoms with Gasteiger partial charge in [0.2, 0.25) is 5.91 Å². The summed E-state index contributed by atoms with van der Waals surface area (Å²) < 4.78 is 0. The predicted molar refractivity (Wildman–Crippen MR) is 91.9 cm³/mol. The van der Waals surface area contributed by atoms with Gasteiger partial charge in [0.25, 0.3) is 5.91 Å². The van der Waals surface area contributed by atoms with E-state index in [2.05, 4.69) is 10.6 Å². The van der Waals surface area contributed by atoms with Gasteiger partial charge in [-0.05, 0) is 42.5 Å². The molecule has 6 heteroatoms. The van der Waals surface area contributed by atoms with E-state index in [-0.39, 0.29) is 11.8 Å². The summed E-state index contributed by atoms with van der Waals surface area (Å²) in [6.45, 7) is 3.04. The third-order valence-corrected chi connectivity index (χ3v) is 3.81. The number of hydrogen-bond donors (Lipinski definition) is 3. The van der Waals surface area contributed by atoms with Crippen molar-refractivity contribution in [3.8, 4) is 0 Å². The van der Waals surface area contributed by atoms with Gasteiger partial charge in [-0.25, -0.2) is 0 Å². The monoisotopic (exact) mass is 323 g/mol. The summed E-state index contributed by atoms with van der Waals surface area (Å²) >= 11 is 1.67. The van der Waals surface area contributed by atoms with Crippen molar-refractivity contribution < 1.29 is 9.59 Å². The third kappa shape index (κ3) is 6.49. The van der Waals surface area contributed by atoms with E-state index in [1.54, 1.807) is 23.9 Å². The maximum atomic E-state index is 11.9. The SMILES string of the molecule is CCCNC(=O)c1cccc(CNC(=O)[C@@H](N)CCSC)c1. The summed E-state index contributed by atoms with van der Waals surface area (Å²) in [5.74, 6) is 0.614. The number of carbonyl (C=O) groups is 2. The zero-order valence-corrected chi connectivity index (χ0v) is 14.0. The third-order valence-electron chi connectivity index (χ3n) is 3.16. The van der Waals surface area contributed by atoms with Gasteiger partial charge in [0, 0.05) is 18.7 Å². The Morgan fingerprint density at radius 2 is 2.09 bits per heavy atom. The van der Waals surface area contributed by atoms with E-state index in [4.69, 9.17) is 5.73 Å². The standard InChI is InChI=1S/C16H25N3O2S/c1-3-8-18-15(20)13-6-4-5-12(10-13)11-19-16(21)14(17)7-9-22-2/h4-6,10,14H,3,7-9,11,17H2,1-2H3,(H,18,20)(H,19,21)/t14-/m0/s1. The first-order valence-electron chi connectivity index (χ1n) is 7.47. The molecule has 4 N–H and O–H groups in total. The molecule has 0 bridgehead atoms. The summed E-state index contributed by atoms with van der Waals surface area (Å²) in [5.41, 5.74) is 7.30. The van der Waals surface area contributed by atoms with Crippen LogP contribution in [-0.2, 0) is 11.3 Å². The largest absolute Gasteiger partial charge is 0.352 e. The van der Waals surface area contributed by atoms with E-state index >= 15 is 0 Å². The molecular weight excluding hydrogens is 298 g/mol. The number of rotatable bonds is 9. The van der Waals surface area contributed by atoms with E-state index in [9.17, 15) is 9.59 Å². The molecule has 0 saturated heterocycles. The number of carbonyl (C=O) groups excluding carboxylic acids is 2. The van der Waals surface area contributed by atoms with Crippen molar-refractivity contribution in [1.82, 2.24) is 10.6 Å². The van der Waals surface area contributed by atoms with Crippen molar-refractivity contribution in [2.24, 2.45) is 5.73 Å². The summed E-state index contributed by atoms with van der Waals surface area (Å²) in [6.07, 6.45) is 3.54. The van der Waals surface area contributed by atoms with Crippen LogP contribution in [0.15, 0.2) is 24.3 Å². The molecule has 2 amide bonds. The van der Waals surface area contributed by atoms with Crippen LogP contribution in [0.4, 0.5) is 0 Å². The zero-order chi connectivity index (χ0) is 16.4.